The molecule has 2 nitrogen and oxygen atoms in total. The monoisotopic (exact) mass is 284 g/mol. The van der Waals surface area contributed by atoms with Gasteiger partial charge in [0, 0.05) is 29.6 Å². The summed E-state index contributed by atoms with van der Waals surface area (Å²) >= 11 is 3.44. The molecule has 0 aliphatic carbocycles. The molecule has 0 saturated heterocycles. The first-order valence-electron chi connectivity index (χ1n) is 5.82. The molecule has 0 radical (unpaired) electrons. The van der Waals surface area contributed by atoms with Crippen molar-refractivity contribution in [1.82, 2.24) is 10.6 Å². The lowest BCUT2D eigenvalue weighted by molar-refractivity contribution is 0.518. The summed E-state index contributed by atoms with van der Waals surface area (Å²) in [5, 5.41) is 6.89. The highest BCUT2D eigenvalue weighted by molar-refractivity contribution is 9.10. The SMILES string of the molecule is CC(C)NCCN[C@H](C)c1ccc(Br)cc1. The Morgan fingerprint density at radius 1 is 1.00 bits per heavy atom. The maximum atomic E-state index is 3.50. The van der Waals surface area contributed by atoms with E-state index in [9.17, 15) is 0 Å². The highest BCUT2D eigenvalue weighted by atomic mass is 79.9. The van der Waals surface area contributed by atoms with Gasteiger partial charge in [-0.25, -0.2) is 0 Å². The lowest BCUT2D eigenvalue weighted by Gasteiger charge is -2.15. The Hall–Kier alpha value is -0.380. The minimum absolute atomic E-state index is 0.405. The van der Waals surface area contributed by atoms with E-state index in [1.54, 1.807) is 0 Å². The molecule has 0 amide bonds. The largest absolute Gasteiger partial charge is 0.313 e. The van der Waals surface area contributed by atoms with E-state index in [4.69, 9.17) is 0 Å². The second-order valence-electron chi connectivity index (χ2n) is 4.34. The predicted molar refractivity (Wildman–Crippen MR) is 73.7 cm³/mol. The van der Waals surface area contributed by atoms with E-state index in [1.807, 2.05) is 0 Å². The standard InChI is InChI=1S/C13H21BrN2/c1-10(2)15-8-9-16-11(3)12-4-6-13(14)7-5-12/h4-7,10-11,15-16H,8-9H2,1-3H3/t11-/m1/s1. The Morgan fingerprint density at radius 3 is 2.12 bits per heavy atom. The number of hydrogen-bond donors (Lipinski definition) is 2. The molecule has 16 heavy (non-hydrogen) atoms. The third-order valence-corrected chi connectivity index (χ3v) is 3.03. The molecule has 0 fully saturated rings. The lowest BCUT2D eigenvalue weighted by atomic mass is 10.1. The molecule has 1 aromatic carbocycles. The zero-order valence-electron chi connectivity index (χ0n) is 10.3. The van der Waals surface area contributed by atoms with Crippen LogP contribution in [0.15, 0.2) is 28.7 Å². The molecule has 0 aromatic heterocycles. The minimum atomic E-state index is 0.405. The summed E-state index contributed by atoms with van der Waals surface area (Å²) in [6.45, 7) is 8.53. The Labute approximate surface area is 107 Å². The number of hydrogen-bond acceptors (Lipinski definition) is 2. The van der Waals surface area contributed by atoms with Crippen LogP contribution in [0.2, 0.25) is 0 Å². The van der Waals surface area contributed by atoms with E-state index < -0.39 is 0 Å². The van der Waals surface area contributed by atoms with Crippen molar-refractivity contribution in [3.63, 3.8) is 0 Å². The topological polar surface area (TPSA) is 24.1 Å². The van der Waals surface area contributed by atoms with Crippen molar-refractivity contribution in [2.45, 2.75) is 32.9 Å². The van der Waals surface area contributed by atoms with Gasteiger partial charge in [-0.15, -0.1) is 0 Å². The van der Waals surface area contributed by atoms with Crippen LogP contribution in [0.4, 0.5) is 0 Å². The molecule has 2 N–H and O–H groups in total. The van der Waals surface area contributed by atoms with E-state index in [2.05, 4.69) is 71.6 Å². The van der Waals surface area contributed by atoms with Gasteiger partial charge in [0.1, 0.15) is 0 Å². The summed E-state index contributed by atoms with van der Waals surface area (Å²) in [5.41, 5.74) is 1.33. The van der Waals surface area contributed by atoms with E-state index in [0.29, 0.717) is 12.1 Å². The van der Waals surface area contributed by atoms with Gasteiger partial charge in [0.15, 0.2) is 0 Å². The van der Waals surface area contributed by atoms with Crippen molar-refractivity contribution in [3.8, 4) is 0 Å². The van der Waals surface area contributed by atoms with Gasteiger partial charge in [0.25, 0.3) is 0 Å². The molecule has 0 heterocycles. The normalized spacial score (nSPS) is 13.1. The second-order valence-corrected chi connectivity index (χ2v) is 5.25. The second kappa shape index (κ2) is 7.05. The third-order valence-electron chi connectivity index (χ3n) is 2.50. The van der Waals surface area contributed by atoms with Crippen molar-refractivity contribution >= 4 is 15.9 Å². The van der Waals surface area contributed by atoms with Crippen molar-refractivity contribution < 1.29 is 0 Å². The van der Waals surface area contributed by atoms with Crippen molar-refractivity contribution in [2.24, 2.45) is 0 Å². The highest BCUT2D eigenvalue weighted by Crippen LogP contribution is 2.15. The van der Waals surface area contributed by atoms with Gasteiger partial charge >= 0.3 is 0 Å². The minimum Gasteiger partial charge on any atom is -0.313 e. The quantitative estimate of drug-likeness (QED) is 0.785. The number of nitrogens with one attached hydrogen (secondary N) is 2. The molecule has 1 aromatic rings. The summed E-state index contributed by atoms with van der Waals surface area (Å²) in [6, 6.07) is 9.43. The molecule has 0 saturated carbocycles. The van der Waals surface area contributed by atoms with Crippen LogP contribution < -0.4 is 10.6 Å². The van der Waals surface area contributed by atoms with Gasteiger partial charge in [-0.2, -0.15) is 0 Å². The summed E-state index contributed by atoms with van der Waals surface area (Å²) in [6.07, 6.45) is 0. The van der Waals surface area contributed by atoms with Crippen LogP contribution in [0.3, 0.4) is 0 Å². The van der Waals surface area contributed by atoms with Gasteiger partial charge in [-0.1, -0.05) is 41.9 Å². The first kappa shape index (κ1) is 13.7. The smallest absolute Gasteiger partial charge is 0.0292 e. The van der Waals surface area contributed by atoms with Crippen LogP contribution in [0.5, 0.6) is 0 Å². The van der Waals surface area contributed by atoms with Crippen molar-refractivity contribution in [1.29, 1.82) is 0 Å². The number of benzene rings is 1. The zero-order chi connectivity index (χ0) is 12.0. The predicted octanol–water partition coefficient (Wildman–Crippen LogP) is 3.10. The van der Waals surface area contributed by atoms with Gasteiger partial charge in [0.05, 0.1) is 0 Å². The zero-order valence-corrected chi connectivity index (χ0v) is 11.8. The average Bonchev–Trinajstić information content (AvgIpc) is 2.25. The van der Waals surface area contributed by atoms with Gasteiger partial charge < -0.3 is 10.6 Å². The van der Waals surface area contributed by atoms with Crippen LogP contribution in [-0.2, 0) is 0 Å². The Kier molecular flexibility index (Phi) is 6.03. The third kappa shape index (κ3) is 5.10. The molecular formula is C13H21BrN2. The van der Waals surface area contributed by atoms with E-state index in [0.717, 1.165) is 17.6 Å². The van der Waals surface area contributed by atoms with Crippen LogP contribution >= 0.6 is 15.9 Å². The van der Waals surface area contributed by atoms with E-state index >= 15 is 0 Å². The first-order chi connectivity index (χ1) is 7.59. The van der Waals surface area contributed by atoms with Crippen LogP contribution in [0.1, 0.15) is 32.4 Å². The molecule has 0 aliphatic heterocycles. The van der Waals surface area contributed by atoms with E-state index in [-0.39, 0.29) is 0 Å². The Morgan fingerprint density at radius 2 is 1.56 bits per heavy atom. The average molecular weight is 285 g/mol. The fraction of sp³-hybridized carbons (Fsp3) is 0.538. The van der Waals surface area contributed by atoms with E-state index in [1.165, 1.54) is 5.56 Å². The molecule has 3 heteroatoms. The van der Waals surface area contributed by atoms with Gasteiger partial charge in [0.2, 0.25) is 0 Å². The molecule has 1 rings (SSSR count). The summed E-state index contributed by atoms with van der Waals surface area (Å²) in [4.78, 5) is 0. The molecule has 90 valence electrons. The molecular weight excluding hydrogens is 264 g/mol. The molecule has 0 bridgehead atoms. The molecule has 0 aliphatic rings. The summed E-state index contributed by atoms with van der Waals surface area (Å²) < 4.78 is 1.13. The maximum absolute atomic E-state index is 3.50. The van der Waals surface area contributed by atoms with Crippen molar-refractivity contribution in [2.75, 3.05) is 13.1 Å². The number of halogens is 1. The van der Waals surface area contributed by atoms with Gasteiger partial charge in [-0.3, -0.25) is 0 Å². The number of rotatable bonds is 6. The van der Waals surface area contributed by atoms with Gasteiger partial charge in [-0.05, 0) is 24.6 Å². The highest BCUT2D eigenvalue weighted by Gasteiger charge is 2.03. The lowest BCUT2D eigenvalue weighted by Crippen LogP contribution is -2.32. The molecule has 1 atom stereocenters. The maximum Gasteiger partial charge on any atom is 0.0292 e. The molecule has 0 spiro atoms. The Bertz CT molecular complexity index is 295. The van der Waals surface area contributed by atoms with Crippen molar-refractivity contribution in [3.05, 3.63) is 34.3 Å². The van der Waals surface area contributed by atoms with Crippen LogP contribution in [0, 0.1) is 0 Å². The molecule has 0 unspecified atom stereocenters. The summed E-state index contributed by atoms with van der Waals surface area (Å²) in [7, 11) is 0. The Balaban J connectivity index is 2.29. The summed E-state index contributed by atoms with van der Waals surface area (Å²) in [5.74, 6) is 0. The van der Waals surface area contributed by atoms with Crippen LogP contribution in [0.25, 0.3) is 0 Å². The fourth-order valence-electron chi connectivity index (χ4n) is 1.52. The van der Waals surface area contributed by atoms with Crippen LogP contribution in [-0.4, -0.2) is 19.1 Å². The fourth-order valence-corrected chi connectivity index (χ4v) is 1.78. The first-order valence-corrected chi connectivity index (χ1v) is 6.61.